The largest absolute Gasteiger partial charge is 0.490 e. The number of carbonyl (C=O) groups excluding carboxylic acids is 4. The van der Waals surface area contributed by atoms with Crippen LogP contribution in [0.3, 0.4) is 0 Å². The van der Waals surface area contributed by atoms with Gasteiger partial charge in [0.2, 0.25) is 9.84 Å². The van der Waals surface area contributed by atoms with E-state index in [0.717, 1.165) is 22.3 Å². The molecule has 2 amide bonds. The van der Waals surface area contributed by atoms with Crippen LogP contribution in [0.5, 0.6) is 23.0 Å². The van der Waals surface area contributed by atoms with E-state index >= 15 is 0 Å². The van der Waals surface area contributed by atoms with Gasteiger partial charge >= 0.3 is 24.1 Å². The van der Waals surface area contributed by atoms with Crippen molar-refractivity contribution in [2.24, 2.45) is 0 Å². The Morgan fingerprint density at radius 2 is 0.722 bits per heavy atom. The van der Waals surface area contributed by atoms with Crippen LogP contribution in [-0.2, 0) is 49.2 Å². The highest BCUT2D eigenvalue weighted by atomic mass is 32.2. The van der Waals surface area contributed by atoms with E-state index in [9.17, 15) is 27.6 Å². The van der Waals surface area contributed by atoms with Gasteiger partial charge in [-0.05, 0) is 109 Å². The Kier molecular flexibility index (Phi) is 21.3. The Hall–Kier alpha value is -8.57. The van der Waals surface area contributed by atoms with Gasteiger partial charge in [0.05, 0.1) is 22.9 Å². The second-order valence-corrected chi connectivity index (χ2v) is 21.4. The highest BCUT2D eigenvalue weighted by Gasteiger charge is 2.26. The molecule has 6 aromatic rings. The first-order valence-electron chi connectivity index (χ1n) is 25.5. The third kappa shape index (κ3) is 17.7. The van der Waals surface area contributed by atoms with Crippen molar-refractivity contribution in [1.82, 2.24) is 10.6 Å². The molecule has 0 saturated heterocycles. The van der Waals surface area contributed by atoms with Crippen molar-refractivity contribution in [2.75, 3.05) is 52.7 Å². The summed E-state index contributed by atoms with van der Waals surface area (Å²) in [5.41, 5.74) is 4.37. The molecule has 79 heavy (non-hydrogen) atoms. The predicted molar refractivity (Wildman–Crippen MR) is 298 cm³/mol. The maximum Gasteiger partial charge on any atom is 0.407 e. The van der Waals surface area contributed by atoms with Gasteiger partial charge in [0, 0.05) is 22.0 Å². The molecule has 0 fully saturated rings. The van der Waals surface area contributed by atoms with E-state index in [2.05, 4.69) is 75.8 Å². The number of ether oxygens (including phenoxy) is 8. The van der Waals surface area contributed by atoms with Gasteiger partial charge in [0.15, 0.2) is 12.2 Å². The summed E-state index contributed by atoms with van der Waals surface area (Å²) < 4.78 is 73.1. The molecule has 6 aromatic carbocycles. The molecule has 0 aromatic heterocycles. The molecule has 2 unspecified atom stereocenters. The molecule has 2 N–H and O–H groups in total. The molecule has 0 radical (unpaired) electrons. The number of hydrogen-bond acceptors (Lipinski definition) is 14. The minimum absolute atomic E-state index is 0.0158. The zero-order valence-corrected chi connectivity index (χ0v) is 46.2. The Morgan fingerprint density at radius 1 is 0.443 bits per heavy atom. The number of esters is 2. The van der Waals surface area contributed by atoms with Gasteiger partial charge in [-0.3, -0.25) is 0 Å². The van der Waals surface area contributed by atoms with Crippen molar-refractivity contribution < 1.29 is 65.5 Å². The maximum atomic E-state index is 13.8. The molecule has 0 aliphatic heterocycles. The van der Waals surface area contributed by atoms with Gasteiger partial charge in [0.25, 0.3) is 0 Å². The van der Waals surface area contributed by atoms with Crippen LogP contribution in [0.2, 0.25) is 0 Å². The molecule has 17 heteroatoms. The van der Waals surface area contributed by atoms with E-state index in [1.54, 1.807) is 0 Å². The van der Waals surface area contributed by atoms with E-state index in [4.69, 9.17) is 37.9 Å². The van der Waals surface area contributed by atoms with Crippen molar-refractivity contribution in [3.05, 3.63) is 204 Å². The highest BCUT2D eigenvalue weighted by Crippen LogP contribution is 2.34. The van der Waals surface area contributed by atoms with Crippen LogP contribution in [0.15, 0.2) is 192 Å². The number of benzene rings is 6. The molecule has 0 aliphatic carbocycles. The van der Waals surface area contributed by atoms with E-state index in [-0.39, 0.29) is 84.5 Å². The minimum atomic E-state index is -4.02. The summed E-state index contributed by atoms with van der Waals surface area (Å²) in [6.07, 6.45) is -3.47. The number of rotatable bonds is 28. The first kappa shape index (κ1) is 59.7. The van der Waals surface area contributed by atoms with E-state index in [1.165, 1.54) is 62.4 Å². The molecule has 6 rings (SSSR count). The molecule has 0 bridgehead atoms. The molecule has 416 valence electrons. The number of alkyl carbamates (subject to hydrolysis) is 2. The van der Waals surface area contributed by atoms with Gasteiger partial charge in [-0.15, -0.1) is 0 Å². The first-order valence-corrected chi connectivity index (χ1v) is 27.0. The van der Waals surface area contributed by atoms with Crippen molar-refractivity contribution in [1.29, 1.82) is 0 Å². The normalized spacial score (nSPS) is 12.1. The fourth-order valence-electron chi connectivity index (χ4n) is 7.76. The Morgan fingerprint density at radius 3 is 1.01 bits per heavy atom. The molecule has 16 nitrogen and oxygen atoms in total. The Bertz CT molecular complexity index is 2890. The molecule has 0 spiro atoms. The highest BCUT2D eigenvalue weighted by molar-refractivity contribution is 7.91. The van der Waals surface area contributed by atoms with Crippen LogP contribution >= 0.6 is 0 Å². The van der Waals surface area contributed by atoms with E-state index < -0.39 is 46.2 Å². The fourth-order valence-corrected chi connectivity index (χ4v) is 9.02. The summed E-state index contributed by atoms with van der Waals surface area (Å²) in [6.45, 7) is 17.9. The van der Waals surface area contributed by atoms with Crippen LogP contribution in [0.1, 0.15) is 63.8 Å². The summed E-state index contributed by atoms with van der Waals surface area (Å²) in [5, 5.41) is 5.09. The lowest BCUT2D eigenvalue weighted by atomic mass is 9.78. The number of amides is 2. The second kappa shape index (κ2) is 28.2. The van der Waals surface area contributed by atoms with E-state index in [1.807, 2.05) is 84.9 Å². The van der Waals surface area contributed by atoms with Crippen LogP contribution in [0.4, 0.5) is 9.59 Å². The summed E-state index contributed by atoms with van der Waals surface area (Å²) in [7, 11) is -4.02. The average Bonchev–Trinajstić information content (AvgIpc) is 3.45. The number of hydrogen-bond donors (Lipinski definition) is 2. The monoisotopic (exact) mass is 1100 g/mol. The Balaban J connectivity index is 1.06. The number of nitrogens with one attached hydrogen (secondary N) is 2. The zero-order chi connectivity index (χ0) is 57.0. The van der Waals surface area contributed by atoms with Crippen molar-refractivity contribution >= 4 is 34.0 Å². The SMILES string of the molecule is C=C(C)C(=O)OCCNC(=O)OC(COc1ccc(C(C)(C)c2ccccc2)cc1)COc1ccc(S(=O)(=O)c2ccc(OCC(COc3ccc(C(C)(C)c4ccccc4)cc3)OC(=O)NCCOC(=O)C(=C)C)cc2)cc1. The van der Waals surface area contributed by atoms with Crippen molar-refractivity contribution in [3.8, 4) is 23.0 Å². The van der Waals surface area contributed by atoms with Crippen molar-refractivity contribution in [3.63, 3.8) is 0 Å². The lowest BCUT2D eigenvalue weighted by Crippen LogP contribution is -2.37. The molecule has 2 atom stereocenters. The average molecular weight is 1100 g/mol. The van der Waals surface area contributed by atoms with Gasteiger partial charge in [-0.1, -0.05) is 126 Å². The third-order valence-electron chi connectivity index (χ3n) is 12.6. The van der Waals surface area contributed by atoms with Gasteiger partial charge in [-0.2, -0.15) is 0 Å². The predicted octanol–water partition coefficient (Wildman–Crippen LogP) is 10.5. The molecular formula is C62H68N2O14S. The molecular weight excluding hydrogens is 1030 g/mol. The quantitative estimate of drug-likeness (QED) is 0.0203. The van der Waals surface area contributed by atoms with Gasteiger partial charge in [-0.25, -0.2) is 27.6 Å². The minimum Gasteiger partial charge on any atom is -0.490 e. The fraction of sp³-hybridized carbons (Fsp3) is 0.290. The maximum absolute atomic E-state index is 13.8. The third-order valence-corrected chi connectivity index (χ3v) is 14.4. The topological polar surface area (TPSA) is 200 Å². The van der Waals surface area contributed by atoms with Crippen LogP contribution in [0.25, 0.3) is 0 Å². The summed E-state index contributed by atoms with van der Waals surface area (Å²) in [4.78, 5) is 49.2. The lowest BCUT2D eigenvalue weighted by molar-refractivity contribution is -0.139. The molecule has 0 saturated carbocycles. The van der Waals surface area contributed by atoms with Crippen LogP contribution in [-0.4, -0.2) is 97.5 Å². The van der Waals surface area contributed by atoms with E-state index in [0.29, 0.717) is 23.0 Å². The van der Waals surface area contributed by atoms with Gasteiger partial charge < -0.3 is 48.5 Å². The summed E-state index contributed by atoms with van der Waals surface area (Å²) >= 11 is 0. The summed E-state index contributed by atoms with van der Waals surface area (Å²) in [6, 6.07) is 47.1. The Labute approximate surface area is 462 Å². The smallest absolute Gasteiger partial charge is 0.407 e. The first-order chi connectivity index (χ1) is 37.7. The standard InChI is InChI=1S/C62H68N2O14S/c1-43(2)57(65)71-37-35-63-59(67)77-53(39-73-49-23-19-47(20-24-49)61(5,6)45-15-11-9-12-16-45)41-75-51-27-31-55(32-28-51)79(69,70)56-33-29-52(30-34-56)76-42-54(78-60(68)64-36-38-72-58(66)44(3)4)40-74-50-25-21-48(22-26-50)62(7,8)46-17-13-10-14-18-46/h9-34,53-54H,1,3,35-42H2,2,4-8H3,(H,63,67)(H,64,68). The van der Waals surface area contributed by atoms with Gasteiger partial charge in [0.1, 0.15) is 62.6 Å². The van der Waals surface area contributed by atoms with Crippen molar-refractivity contribution in [2.45, 2.75) is 74.4 Å². The molecule has 0 heterocycles. The summed E-state index contributed by atoms with van der Waals surface area (Å²) in [5.74, 6) is 0.475. The lowest BCUT2D eigenvalue weighted by Gasteiger charge is -2.26. The molecule has 0 aliphatic rings. The zero-order valence-electron chi connectivity index (χ0n) is 45.4. The number of sulfone groups is 1. The number of carbonyl (C=O) groups is 4. The van der Waals surface area contributed by atoms with Crippen LogP contribution in [0, 0.1) is 0 Å². The second-order valence-electron chi connectivity index (χ2n) is 19.5. The van der Waals surface area contributed by atoms with Crippen LogP contribution < -0.4 is 29.6 Å².